The lowest BCUT2D eigenvalue weighted by Gasteiger charge is -2.07. The molecule has 0 amide bonds. The summed E-state index contributed by atoms with van der Waals surface area (Å²) in [6, 6.07) is 6.13. The zero-order chi connectivity index (χ0) is 14.5. The van der Waals surface area contributed by atoms with Crippen molar-refractivity contribution in [2.24, 2.45) is 0 Å². The van der Waals surface area contributed by atoms with Gasteiger partial charge in [-0.25, -0.2) is 4.79 Å². The van der Waals surface area contributed by atoms with Gasteiger partial charge in [0.1, 0.15) is 5.75 Å². The number of ether oxygens (including phenoxy) is 2. The fourth-order valence-corrected chi connectivity index (χ4v) is 2.40. The maximum atomic E-state index is 11.4. The summed E-state index contributed by atoms with van der Waals surface area (Å²) in [7, 11) is 0. The van der Waals surface area contributed by atoms with Gasteiger partial charge < -0.3 is 9.47 Å². The van der Waals surface area contributed by atoms with E-state index in [4.69, 9.17) is 9.47 Å². The molecule has 0 bridgehead atoms. The lowest BCUT2D eigenvalue weighted by atomic mass is 10.0. The minimum absolute atomic E-state index is 0.304. The van der Waals surface area contributed by atoms with Gasteiger partial charge in [-0.2, -0.15) is 0 Å². The highest BCUT2D eigenvalue weighted by Crippen LogP contribution is 2.35. The molecule has 1 aliphatic rings. The van der Waals surface area contributed by atoms with E-state index in [0.29, 0.717) is 13.2 Å². The van der Waals surface area contributed by atoms with Crippen molar-refractivity contribution in [3.05, 3.63) is 47.1 Å². The molecular formula is C17H20O3. The van der Waals surface area contributed by atoms with Crippen LogP contribution in [0.3, 0.4) is 0 Å². The molecular weight excluding hydrogens is 252 g/mol. The van der Waals surface area contributed by atoms with Gasteiger partial charge in [0, 0.05) is 6.08 Å². The first-order valence-electron chi connectivity index (χ1n) is 6.96. The molecule has 1 aromatic rings. The molecule has 0 spiro atoms. The molecule has 20 heavy (non-hydrogen) atoms. The van der Waals surface area contributed by atoms with Crippen molar-refractivity contribution in [2.75, 3.05) is 13.2 Å². The van der Waals surface area contributed by atoms with Gasteiger partial charge in [-0.05, 0) is 62.1 Å². The lowest BCUT2D eigenvalue weighted by Crippen LogP contribution is -1.99. The highest BCUT2D eigenvalue weighted by Gasteiger charge is 2.17. The van der Waals surface area contributed by atoms with Crippen molar-refractivity contribution >= 4 is 11.5 Å². The number of carbonyl (C=O) groups is 1. The number of hydrogen-bond acceptors (Lipinski definition) is 3. The zero-order valence-electron chi connectivity index (χ0n) is 12.2. The second kappa shape index (κ2) is 6.42. The quantitative estimate of drug-likeness (QED) is 0.607. The first-order chi connectivity index (χ1) is 9.65. The third-order valence-corrected chi connectivity index (χ3v) is 3.27. The molecule has 1 aromatic carbocycles. The molecule has 1 aliphatic carbocycles. The normalized spacial score (nSPS) is 13.8. The number of benzene rings is 1. The molecule has 0 saturated carbocycles. The fourth-order valence-electron chi connectivity index (χ4n) is 2.40. The summed E-state index contributed by atoms with van der Waals surface area (Å²) >= 11 is 0. The number of carbonyl (C=O) groups excluding carboxylic acids is 1. The van der Waals surface area contributed by atoms with Crippen LogP contribution in [0.5, 0.6) is 5.75 Å². The van der Waals surface area contributed by atoms with Gasteiger partial charge in [0.25, 0.3) is 0 Å². The smallest absolute Gasteiger partial charge is 0.330 e. The first-order valence-corrected chi connectivity index (χ1v) is 6.96. The van der Waals surface area contributed by atoms with Crippen LogP contribution in [0.15, 0.2) is 35.9 Å². The Kier molecular flexibility index (Phi) is 4.61. The highest BCUT2D eigenvalue weighted by molar-refractivity contribution is 5.90. The molecule has 2 rings (SSSR count). The van der Waals surface area contributed by atoms with Gasteiger partial charge in [0.15, 0.2) is 0 Å². The van der Waals surface area contributed by atoms with Crippen LogP contribution in [0, 0.1) is 0 Å². The number of fused-ring (bicyclic) bond motifs is 1. The van der Waals surface area contributed by atoms with Crippen molar-refractivity contribution in [3.63, 3.8) is 0 Å². The second-order valence-electron chi connectivity index (χ2n) is 4.71. The Hall–Kier alpha value is -2.03. The Morgan fingerprint density at radius 3 is 2.80 bits per heavy atom. The summed E-state index contributed by atoms with van der Waals surface area (Å²) in [6.07, 6.45) is 4.25. The zero-order valence-corrected chi connectivity index (χ0v) is 12.2. The van der Waals surface area contributed by atoms with Crippen molar-refractivity contribution in [1.82, 2.24) is 0 Å². The van der Waals surface area contributed by atoms with E-state index < -0.39 is 0 Å². The first kappa shape index (κ1) is 14.4. The minimum Gasteiger partial charge on any atom is -0.494 e. The third-order valence-electron chi connectivity index (χ3n) is 3.27. The van der Waals surface area contributed by atoms with Gasteiger partial charge in [-0.3, -0.25) is 0 Å². The minimum atomic E-state index is -0.304. The van der Waals surface area contributed by atoms with Gasteiger partial charge in [-0.1, -0.05) is 11.6 Å². The summed E-state index contributed by atoms with van der Waals surface area (Å²) < 4.78 is 10.5. The fraction of sp³-hybridized carbons (Fsp3) is 0.353. The SMILES string of the molecule is CCOC(=O)C=CC1=C(C)Cc2ccc(OCC)cc21. The van der Waals surface area contributed by atoms with Crippen LogP contribution in [-0.2, 0) is 16.0 Å². The van der Waals surface area contributed by atoms with Crippen LogP contribution in [-0.4, -0.2) is 19.2 Å². The van der Waals surface area contributed by atoms with Crippen molar-refractivity contribution in [2.45, 2.75) is 27.2 Å². The molecule has 0 heterocycles. The van der Waals surface area contributed by atoms with Crippen LogP contribution < -0.4 is 4.74 Å². The molecule has 0 aliphatic heterocycles. The van der Waals surface area contributed by atoms with E-state index >= 15 is 0 Å². The van der Waals surface area contributed by atoms with Crippen LogP contribution in [0.2, 0.25) is 0 Å². The molecule has 0 atom stereocenters. The summed E-state index contributed by atoms with van der Waals surface area (Å²) in [4.78, 5) is 11.4. The second-order valence-corrected chi connectivity index (χ2v) is 4.71. The molecule has 0 radical (unpaired) electrons. The van der Waals surface area contributed by atoms with Gasteiger partial charge in [0.05, 0.1) is 13.2 Å². The van der Waals surface area contributed by atoms with Gasteiger partial charge in [0.2, 0.25) is 0 Å². The highest BCUT2D eigenvalue weighted by atomic mass is 16.5. The molecule has 0 fully saturated rings. The average molecular weight is 272 g/mol. The molecule has 0 N–H and O–H groups in total. The van der Waals surface area contributed by atoms with Crippen LogP contribution in [0.1, 0.15) is 31.9 Å². The monoisotopic (exact) mass is 272 g/mol. The van der Waals surface area contributed by atoms with E-state index in [1.165, 1.54) is 17.2 Å². The van der Waals surface area contributed by atoms with Crippen LogP contribution in [0.25, 0.3) is 5.57 Å². The number of esters is 1. The summed E-state index contributed by atoms with van der Waals surface area (Å²) in [5.74, 6) is 0.560. The third kappa shape index (κ3) is 3.10. The lowest BCUT2D eigenvalue weighted by molar-refractivity contribution is -0.137. The molecule has 3 nitrogen and oxygen atoms in total. The predicted octanol–water partition coefficient (Wildman–Crippen LogP) is 3.53. The Bertz CT molecular complexity index is 568. The van der Waals surface area contributed by atoms with Gasteiger partial charge >= 0.3 is 5.97 Å². The van der Waals surface area contributed by atoms with E-state index in [1.54, 1.807) is 6.92 Å². The largest absolute Gasteiger partial charge is 0.494 e. The number of allylic oxidation sites excluding steroid dienone is 3. The van der Waals surface area contributed by atoms with Crippen molar-refractivity contribution in [1.29, 1.82) is 0 Å². The Balaban J connectivity index is 2.25. The topological polar surface area (TPSA) is 35.5 Å². The van der Waals surface area contributed by atoms with Crippen molar-refractivity contribution in [3.8, 4) is 5.75 Å². The van der Waals surface area contributed by atoms with Crippen molar-refractivity contribution < 1.29 is 14.3 Å². The Labute approximate surface area is 119 Å². The Morgan fingerprint density at radius 1 is 1.30 bits per heavy atom. The van der Waals surface area contributed by atoms with E-state index in [0.717, 1.165) is 23.3 Å². The number of hydrogen-bond donors (Lipinski definition) is 0. The maximum absolute atomic E-state index is 11.4. The maximum Gasteiger partial charge on any atom is 0.330 e. The van der Waals surface area contributed by atoms with Gasteiger partial charge in [-0.15, -0.1) is 0 Å². The molecule has 0 saturated heterocycles. The molecule has 0 unspecified atom stereocenters. The molecule has 0 aromatic heterocycles. The van der Waals surface area contributed by atoms with Crippen LogP contribution >= 0.6 is 0 Å². The van der Waals surface area contributed by atoms with E-state index in [-0.39, 0.29) is 5.97 Å². The van der Waals surface area contributed by atoms with E-state index in [1.807, 2.05) is 25.1 Å². The summed E-state index contributed by atoms with van der Waals surface area (Å²) in [5, 5.41) is 0. The van der Waals surface area contributed by atoms with E-state index in [2.05, 4.69) is 13.0 Å². The summed E-state index contributed by atoms with van der Waals surface area (Å²) in [5.41, 5.74) is 4.77. The Morgan fingerprint density at radius 2 is 2.10 bits per heavy atom. The van der Waals surface area contributed by atoms with Crippen LogP contribution in [0.4, 0.5) is 0 Å². The standard InChI is InChI=1S/C17H20O3/c1-4-19-14-7-6-13-10-12(3)15(16(13)11-14)8-9-17(18)20-5-2/h6-9,11H,4-5,10H2,1-3H3. The average Bonchev–Trinajstić information content (AvgIpc) is 2.72. The number of rotatable bonds is 5. The molecule has 3 heteroatoms. The summed E-state index contributed by atoms with van der Waals surface area (Å²) in [6.45, 7) is 6.90. The molecule has 106 valence electrons. The van der Waals surface area contributed by atoms with E-state index in [9.17, 15) is 4.79 Å². The predicted molar refractivity (Wildman–Crippen MR) is 79.7 cm³/mol.